The van der Waals surface area contributed by atoms with Crippen molar-refractivity contribution >= 4 is 29.2 Å². The first-order valence-corrected chi connectivity index (χ1v) is 9.68. The molecule has 0 amide bonds. The van der Waals surface area contributed by atoms with E-state index in [1.807, 2.05) is 22.9 Å². The van der Waals surface area contributed by atoms with Crippen LogP contribution in [0.3, 0.4) is 0 Å². The minimum atomic E-state index is 0.240. The van der Waals surface area contributed by atoms with Gasteiger partial charge in [-0.15, -0.1) is 0 Å². The monoisotopic (exact) mass is 410 g/mol. The second-order valence-electron chi connectivity index (χ2n) is 6.39. The van der Waals surface area contributed by atoms with E-state index in [1.165, 1.54) is 0 Å². The van der Waals surface area contributed by atoms with E-state index in [0.29, 0.717) is 23.2 Å². The van der Waals surface area contributed by atoms with Gasteiger partial charge in [0.1, 0.15) is 12.4 Å². The summed E-state index contributed by atoms with van der Waals surface area (Å²) in [6, 6.07) is 5.79. The topological polar surface area (TPSA) is 76.4 Å². The Labute approximate surface area is 169 Å². The standard InChI is InChI=1S/C18H24Cl2N6O/c1-21-18(22-9-8-13-14(19)4-3-5-15(13)20)23-12-6-7-17-24-16(11-27-2)25-26(17)10-12/h3-5,12H,6-11H2,1-2H3,(H2,21,22,23). The largest absolute Gasteiger partial charge is 0.377 e. The summed E-state index contributed by atoms with van der Waals surface area (Å²) in [4.78, 5) is 8.81. The molecule has 1 aromatic carbocycles. The summed E-state index contributed by atoms with van der Waals surface area (Å²) in [6.45, 7) is 1.87. The molecule has 2 heterocycles. The zero-order chi connectivity index (χ0) is 19.2. The zero-order valence-electron chi connectivity index (χ0n) is 15.5. The average Bonchev–Trinajstić information content (AvgIpc) is 3.05. The van der Waals surface area contributed by atoms with E-state index in [-0.39, 0.29) is 6.04 Å². The minimum Gasteiger partial charge on any atom is -0.377 e. The van der Waals surface area contributed by atoms with Gasteiger partial charge in [-0.25, -0.2) is 9.67 Å². The van der Waals surface area contributed by atoms with Gasteiger partial charge in [0.2, 0.25) is 0 Å². The summed E-state index contributed by atoms with van der Waals surface area (Å²) in [5.74, 6) is 2.49. The van der Waals surface area contributed by atoms with Gasteiger partial charge in [0.15, 0.2) is 11.8 Å². The van der Waals surface area contributed by atoms with E-state index < -0.39 is 0 Å². The molecule has 0 spiro atoms. The Bertz CT molecular complexity index is 787. The van der Waals surface area contributed by atoms with Gasteiger partial charge in [-0.3, -0.25) is 4.99 Å². The molecule has 0 fully saturated rings. The molecule has 1 atom stereocenters. The van der Waals surface area contributed by atoms with Crippen molar-refractivity contribution in [1.82, 2.24) is 25.4 Å². The van der Waals surface area contributed by atoms with Crippen molar-refractivity contribution < 1.29 is 4.74 Å². The van der Waals surface area contributed by atoms with Crippen LogP contribution in [0.1, 0.15) is 23.6 Å². The van der Waals surface area contributed by atoms with Crippen LogP contribution >= 0.6 is 23.2 Å². The van der Waals surface area contributed by atoms with Crippen LogP contribution in [-0.4, -0.2) is 47.5 Å². The highest BCUT2D eigenvalue weighted by molar-refractivity contribution is 6.35. The predicted molar refractivity (Wildman–Crippen MR) is 108 cm³/mol. The van der Waals surface area contributed by atoms with Crippen LogP contribution in [0.2, 0.25) is 10.0 Å². The second-order valence-corrected chi connectivity index (χ2v) is 7.20. The molecule has 1 unspecified atom stereocenters. The Morgan fingerprint density at radius 2 is 2.15 bits per heavy atom. The number of methoxy groups -OCH3 is 1. The number of halogens is 2. The number of hydrogen-bond acceptors (Lipinski definition) is 4. The summed E-state index contributed by atoms with van der Waals surface area (Å²) in [7, 11) is 3.41. The number of aromatic nitrogens is 3. The van der Waals surface area contributed by atoms with E-state index >= 15 is 0 Å². The molecule has 146 valence electrons. The van der Waals surface area contributed by atoms with Gasteiger partial charge in [0, 0.05) is 43.2 Å². The van der Waals surface area contributed by atoms with Gasteiger partial charge in [0.05, 0.1) is 6.54 Å². The van der Waals surface area contributed by atoms with Crippen molar-refractivity contribution in [2.45, 2.75) is 38.5 Å². The average molecular weight is 411 g/mol. The normalized spacial score (nSPS) is 16.9. The second kappa shape index (κ2) is 9.39. The molecule has 0 saturated carbocycles. The Balaban J connectivity index is 1.52. The number of guanidine groups is 1. The van der Waals surface area contributed by atoms with Gasteiger partial charge in [0.25, 0.3) is 0 Å². The van der Waals surface area contributed by atoms with Gasteiger partial charge in [-0.05, 0) is 30.5 Å². The molecule has 7 nitrogen and oxygen atoms in total. The molecular weight excluding hydrogens is 387 g/mol. The van der Waals surface area contributed by atoms with Crippen molar-refractivity contribution in [2.75, 3.05) is 20.7 Å². The number of nitrogens with one attached hydrogen (secondary N) is 2. The lowest BCUT2D eigenvalue weighted by Gasteiger charge is -2.25. The number of hydrogen-bond donors (Lipinski definition) is 2. The fourth-order valence-electron chi connectivity index (χ4n) is 3.13. The lowest BCUT2D eigenvalue weighted by Crippen LogP contribution is -2.47. The van der Waals surface area contributed by atoms with Crippen LogP contribution in [0.4, 0.5) is 0 Å². The molecular formula is C18H24Cl2N6O. The zero-order valence-corrected chi connectivity index (χ0v) is 17.0. The first-order valence-electron chi connectivity index (χ1n) is 8.92. The van der Waals surface area contributed by atoms with Gasteiger partial charge >= 0.3 is 0 Å². The summed E-state index contributed by atoms with van der Waals surface area (Å²) < 4.78 is 7.06. The Kier molecular flexibility index (Phi) is 6.93. The van der Waals surface area contributed by atoms with E-state index in [9.17, 15) is 0 Å². The van der Waals surface area contributed by atoms with Crippen molar-refractivity contribution in [3.8, 4) is 0 Å². The fraction of sp³-hybridized carbons (Fsp3) is 0.500. The molecule has 1 aromatic heterocycles. The number of fused-ring (bicyclic) bond motifs is 1. The lowest BCUT2D eigenvalue weighted by atomic mass is 10.1. The van der Waals surface area contributed by atoms with Gasteiger partial charge < -0.3 is 15.4 Å². The van der Waals surface area contributed by atoms with Crippen LogP contribution in [0, 0.1) is 0 Å². The maximum Gasteiger partial charge on any atom is 0.191 e. The van der Waals surface area contributed by atoms with E-state index in [0.717, 1.165) is 49.0 Å². The predicted octanol–water partition coefficient (Wildman–Crippen LogP) is 2.45. The van der Waals surface area contributed by atoms with Crippen molar-refractivity contribution in [3.63, 3.8) is 0 Å². The smallest absolute Gasteiger partial charge is 0.191 e. The summed E-state index contributed by atoms with van der Waals surface area (Å²) >= 11 is 12.4. The molecule has 0 bridgehead atoms. The van der Waals surface area contributed by atoms with Crippen molar-refractivity contribution in [2.24, 2.45) is 4.99 Å². The number of ether oxygens (including phenoxy) is 1. The molecule has 2 N–H and O–H groups in total. The maximum absolute atomic E-state index is 6.22. The molecule has 1 aliphatic rings. The summed E-state index contributed by atoms with van der Waals surface area (Å²) in [6.07, 6.45) is 2.57. The van der Waals surface area contributed by atoms with Crippen molar-refractivity contribution in [1.29, 1.82) is 0 Å². The molecule has 1 aliphatic heterocycles. The molecule has 0 radical (unpaired) electrons. The summed E-state index contributed by atoms with van der Waals surface area (Å²) in [5.41, 5.74) is 0.944. The molecule has 0 saturated heterocycles. The number of aliphatic imine (C=N–C) groups is 1. The molecule has 2 aromatic rings. The third-order valence-corrected chi connectivity index (χ3v) is 5.18. The number of rotatable bonds is 6. The van der Waals surface area contributed by atoms with Crippen LogP contribution in [0.5, 0.6) is 0 Å². The number of benzene rings is 1. The molecule has 9 heteroatoms. The minimum absolute atomic E-state index is 0.240. The highest BCUT2D eigenvalue weighted by Crippen LogP contribution is 2.24. The number of aryl methyl sites for hydroxylation is 1. The van der Waals surface area contributed by atoms with E-state index in [1.54, 1.807) is 14.2 Å². The third kappa shape index (κ3) is 5.12. The SMILES string of the molecule is CN=C(NCCc1c(Cl)cccc1Cl)NC1CCc2nc(COC)nn2C1. The van der Waals surface area contributed by atoms with Crippen molar-refractivity contribution in [3.05, 3.63) is 45.5 Å². The van der Waals surface area contributed by atoms with Crippen LogP contribution in [-0.2, 0) is 30.7 Å². The fourth-order valence-corrected chi connectivity index (χ4v) is 3.72. The highest BCUT2D eigenvalue weighted by atomic mass is 35.5. The van der Waals surface area contributed by atoms with Crippen LogP contribution < -0.4 is 10.6 Å². The third-order valence-electron chi connectivity index (χ3n) is 4.47. The quantitative estimate of drug-likeness (QED) is 0.564. The van der Waals surface area contributed by atoms with Crippen LogP contribution in [0.25, 0.3) is 0 Å². The van der Waals surface area contributed by atoms with E-state index in [2.05, 4.69) is 25.7 Å². The molecule has 3 rings (SSSR count). The Morgan fingerprint density at radius 3 is 2.85 bits per heavy atom. The summed E-state index contributed by atoms with van der Waals surface area (Å²) in [5, 5.41) is 12.6. The molecule has 0 aliphatic carbocycles. The Morgan fingerprint density at radius 1 is 1.37 bits per heavy atom. The first-order chi connectivity index (χ1) is 13.1. The van der Waals surface area contributed by atoms with Crippen LogP contribution in [0.15, 0.2) is 23.2 Å². The first kappa shape index (κ1) is 19.9. The van der Waals surface area contributed by atoms with Gasteiger partial charge in [-0.1, -0.05) is 29.3 Å². The lowest BCUT2D eigenvalue weighted by molar-refractivity contribution is 0.177. The number of nitrogens with zero attached hydrogens (tertiary/aromatic N) is 4. The maximum atomic E-state index is 6.22. The molecule has 27 heavy (non-hydrogen) atoms. The van der Waals surface area contributed by atoms with Gasteiger partial charge in [-0.2, -0.15) is 5.10 Å². The van der Waals surface area contributed by atoms with E-state index in [4.69, 9.17) is 27.9 Å². The Hall–Kier alpha value is -1.83. The highest BCUT2D eigenvalue weighted by Gasteiger charge is 2.22.